The number of nitrogens with zero attached hydrogens (tertiary/aromatic N) is 2. The Hall–Kier alpha value is -3.30. The number of halogens is 1. The minimum Gasteiger partial charge on any atom is -0.461 e. The molecule has 2 aromatic carbocycles. The van der Waals surface area contributed by atoms with E-state index in [2.05, 4.69) is 26.3 Å². The van der Waals surface area contributed by atoms with Crippen molar-refractivity contribution in [1.82, 2.24) is 9.78 Å². The highest BCUT2D eigenvalue weighted by atomic mass is 79.9. The molecule has 2 heterocycles. The van der Waals surface area contributed by atoms with Crippen molar-refractivity contribution in [2.45, 2.75) is 13.8 Å². The van der Waals surface area contributed by atoms with Gasteiger partial charge in [-0.15, -0.1) is 11.3 Å². The van der Waals surface area contributed by atoms with Crippen LogP contribution in [0.3, 0.4) is 0 Å². The standard InChI is InChI=1S/C23H18BrN3O4S/c1-3-31-23(30)19-17-12-32-21(25-20(28)14-5-4-6-15(24)11-14)18(17)22(29)27(26-19)16-9-7-13(2)8-10-16/h4-12H,3H2,1-2H3,(H,25,28). The van der Waals surface area contributed by atoms with Crippen LogP contribution in [0.5, 0.6) is 0 Å². The highest BCUT2D eigenvalue weighted by molar-refractivity contribution is 9.10. The van der Waals surface area contributed by atoms with Gasteiger partial charge in [0, 0.05) is 20.8 Å². The van der Waals surface area contributed by atoms with E-state index in [1.54, 1.807) is 42.6 Å². The second-order valence-electron chi connectivity index (χ2n) is 6.94. The number of rotatable bonds is 5. The van der Waals surface area contributed by atoms with E-state index in [1.165, 1.54) is 0 Å². The normalized spacial score (nSPS) is 10.8. The molecule has 0 radical (unpaired) electrons. The molecule has 1 amide bonds. The Labute approximate surface area is 195 Å². The van der Waals surface area contributed by atoms with Crippen LogP contribution in [-0.4, -0.2) is 28.3 Å². The lowest BCUT2D eigenvalue weighted by atomic mass is 10.2. The zero-order chi connectivity index (χ0) is 22.8. The second-order valence-corrected chi connectivity index (χ2v) is 8.73. The summed E-state index contributed by atoms with van der Waals surface area (Å²) in [5.41, 5.74) is 1.53. The Balaban J connectivity index is 1.88. The monoisotopic (exact) mass is 511 g/mol. The van der Waals surface area contributed by atoms with E-state index in [4.69, 9.17) is 4.74 Å². The smallest absolute Gasteiger partial charge is 0.359 e. The summed E-state index contributed by atoms with van der Waals surface area (Å²) in [4.78, 5) is 38.8. The van der Waals surface area contributed by atoms with Crippen molar-refractivity contribution in [3.05, 3.63) is 85.6 Å². The Morgan fingerprint density at radius 3 is 2.62 bits per heavy atom. The highest BCUT2D eigenvalue weighted by Crippen LogP contribution is 2.31. The van der Waals surface area contributed by atoms with Crippen LogP contribution in [0.4, 0.5) is 5.00 Å². The van der Waals surface area contributed by atoms with Crippen molar-refractivity contribution in [3.8, 4) is 5.69 Å². The van der Waals surface area contributed by atoms with Crippen molar-refractivity contribution in [2.75, 3.05) is 11.9 Å². The molecule has 9 heteroatoms. The molecule has 0 spiro atoms. The van der Waals surface area contributed by atoms with E-state index in [0.29, 0.717) is 21.6 Å². The molecule has 0 aliphatic heterocycles. The summed E-state index contributed by atoms with van der Waals surface area (Å²) in [5, 5.41) is 9.61. The third-order valence-corrected chi connectivity index (χ3v) is 6.10. The minimum atomic E-state index is -0.638. The lowest BCUT2D eigenvalue weighted by Crippen LogP contribution is -2.25. The van der Waals surface area contributed by atoms with Crippen LogP contribution in [0.25, 0.3) is 16.5 Å². The quantitative estimate of drug-likeness (QED) is 0.383. The molecule has 162 valence electrons. The second kappa shape index (κ2) is 9.05. The molecular weight excluding hydrogens is 494 g/mol. The van der Waals surface area contributed by atoms with Crippen molar-refractivity contribution in [2.24, 2.45) is 0 Å². The first-order chi connectivity index (χ1) is 15.4. The van der Waals surface area contributed by atoms with Crippen molar-refractivity contribution < 1.29 is 14.3 Å². The summed E-state index contributed by atoms with van der Waals surface area (Å²) in [6.45, 7) is 3.80. The number of anilines is 1. The number of esters is 1. The van der Waals surface area contributed by atoms with Gasteiger partial charge in [-0.1, -0.05) is 39.7 Å². The summed E-state index contributed by atoms with van der Waals surface area (Å²) in [7, 11) is 0. The predicted octanol–water partition coefficient (Wildman–Crippen LogP) is 4.95. The van der Waals surface area contributed by atoms with Crippen LogP contribution in [-0.2, 0) is 4.74 Å². The van der Waals surface area contributed by atoms with Gasteiger partial charge in [-0.2, -0.15) is 9.78 Å². The van der Waals surface area contributed by atoms with Crippen LogP contribution in [0.1, 0.15) is 33.3 Å². The molecule has 0 atom stereocenters. The van der Waals surface area contributed by atoms with Crippen molar-refractivity contribution in [3.63, 3.8) is 0 Å². The van der Waals surface area contributed by atoms with Gasteiger partial charge < -0.3 is 10.1 Å². The molecular formula is C23H18BrN3O4S. The van der Waals surface area contributed by atoms with E-state index in [0.717, 1.165) is 26.1 Å². The van der Waals surface area contributed by atoms with Crippen LogP contribution < -0.4 is 10.9 Å². The molecule has 4 rings (SSSR count). The van der Waals surface area contributed by atoms with Gasteiger partial charge in [-0.25, -0.2) is 4.79 Å². The zero-order valence-corrected chi connectivity index (χ0v) is 19.6. The molecule has 0 saturated carbocycles. The third kappa shape index (κ3) is 4.21. The molecule has 4 aromatic rings. The molecule has 0 aliphatic rings. The average Bonchev–Trinajstić information content (AvgIpc) is 3.19. The van der Waals surface area contributed by atoms with Crippen LogP contribution >= 0.6 is 27.3 Å². The lowest BCUT2D eigenvalue weighted by Gasteiger charge is -2.10. The molecule has 32 heavy (non-hydrogen) atoms. The number of aryl methyl sites for hydroxylation is 1. The number of nitrogens with one attached hydrogen (secondary N) is 1. The van der Waals surface area contributed by atoms with E-state index in [1.807, 2.05) is 25.1 Å². The number of hydrogen-bond acceptors (Lipinski definition) is 6. The molecule has 0 bridgehead atoms. The van der Waals surface area contributed by atoms with Gasteiger partial charge in [0.15, 0.2) is 5.69 Å². The molecule has 7 nitrogen and oxygen atoms in total. The van der Waals surface area contributed by atoms with E-state index >= 15 is 0 Å². The summed E-state index contributed by atoms with van der Waals surface area (Å²) in [5.74, 6) is -1.01. The van der Waals surface area contributed by atoms with Gasteiger partial charge in [0.25, 0.3) is 11.5 Å². The average molecular weight is 512 g/mol. The first-order valence-corrected chi connectivity index (χ1v) is 11.4. The van der Waals surface area contributed by atoms with Crippen LogP contribution in [0, 0.1) is 6.92 Å². The number of carbonyl (C=O) groups excluding carboxylic acids is 2. The fourth-order valence-corrected chi connectivity index (χ4v) is 4.49. The Morgan fingerprint density at radius 1 is 1.19 bits per heavy atom. The summed E-state index contributed by atoms with van der Waals surface area (Å²) in [6, 6.07) is 14.1. The minimum absolute atomic E-state index is 0.0150. The van der Waals surface area contributed by atoms with Crippen molar-refractivity contribution >= 4 is 54.9 Å². The van der Waals surface area contributed by atoms with Gasteiger partial charge in [0.1, 0.15) is 5.00 Å². The van der Waals surface area contributed by atoms with E-state index in [-0.39, 0.29) is 23.6 Å². The van der Waals surface area contributed by atoms with Crippen LogP contribution in [0.2, 0.25) is 0 Å². The number of benzene rings is 2. The number of amides is 1. The Bertz CT molecular complexity index is 1390. The SMILES string of the molecule is CCOC(=O)c1nn(-c2ccc(C)cc2)c(=O)c2c(NC(=O)c3cccc(Br)c3)scc12. The lowest BCUT2D eigenvalue weighted by molar-refractivity contribution is 0.0520. The Kier molecular flexibility index (Phi) is 6.20. The number of hydrogen-bond donors (Lipinski definition) is 1. The van der Waals surface area contributed by atoms with Crippen LogP contribution in [0.15, 0.2) is 63.2 Å². The van der Waals surface area contributed by atoms with Gasteiger partial charge in [0.2, 0.25) is 0 Å². The van der Waals surface area contributed by atoms with Crippen molar-refractivity contribution in [1.29, 1.82) is 0 Å². The first-order valence-electron chi connectivity index (χ1n) is 9.74. The topological polar surface area (TPSA) is 90.3 Å². The number of thiophene rings is 1. The molecule has 0 aliphatic carbocycles. The summed E-state index contributed by atoms with van der Waals surface area (Å²) in [6.07, 6.45) is 0. The number of carbonyl (C=O) groups is 2. The summed E-state index contributed by atoms with van der Waals surface area (Å²) >= 11 is 4.51. The van der Waals surface area contributed by atoms with E-state index < -0.39 is 11.5 Å². The number of ether oxygens (including phenoxy) is 1. The maximum absolute atomic E-state index is 13.4. The first kappa shape index (κ1) is 21.9. The number of aromatic nitrogens is 2. The van der Waals surface area contributed by atoms with Gasteiger partial charge in [-0.05, 0) is 44.2 Å². The molecule has 1 N–H and O–H groups in total. The maximum atomic E-state index is 13.4. The molecule has 0 unspecified atom stereocenters. The molecule has 0 fully saturated rings. The summed E-state index contributed by atoms with van der Waals surface area (Å²) < 4.78 is 7.08. The maximum Gasteiger partial charge on any atom is 0.359 e. The van der Waals surface area contributed by atoms with E-state index in [9.17, 15) is 14.4 Å². The largest absolute Gasteiger partial charge is 0.461 e. The van der Waals surface area contributed by atoms with Gasteiger partial charge in [0.05, 0.1) is 17.7 Å². The Morgan fingerprint density at radius 2 is 1.94 bits per heavy atom. The zero-order valence-electron chi connectivity index (χ0n) is 17.2. The predicted molar refractivity (Wildman–Crippen MR) is 128 cm³/mol. The highest BCUT2D eigenvalue weighted by Gasteiger charge is 2.23. The van der Waals surface area contributed by atoms with Gasteiger partial charge in [-0.3, -0.25) is 9.59 Å². The molecule has 2 aromatic heterocycles. The third-order valence-electron chi connectivity index (χ3n) is 4.71. The fourth-order valence-electron chi connectivity index (χ4n) is 3.16. The number of fused-ring (bicyclic) bond motifs is 1. The fraction of sp³-hybridized carbons (Fsp3) is 0.130. The van der Waals surface area contributed by atoms with Gasteiger partial charge >= 0.3 is 5.97 Å². The molecule has 0 saturated heterocycles.